The van der Waals surface area contributed by atoms with E-state index in [0.29, 0.717) is 0 Å². The number of hydrogen-bond acceptors (Lipinski definition) is 8. The second-order valence-corrected chi connectivity index (χ2v) is 3.81. The van der Waals surface area contributed by atoms with E-state index in [1.165, 1.54) is 5.40 Å². The number of carboxylic acid groups (broad SMARTS) is 2. The normalized spacial score (nSPS) is 12.0. The van der Waals surface area contributed by atoms with Crippen LogP contribution in [0, 0.1) is 16.1 Å². The number of hydrogen-bond donors (Lipinski definition) is 5. The number of guanidine groups is 1. The summed E-state index contributed by atoms with van der Waals surface area (Å²) in [5, 5.41) is 34.1. The summed E-state index contributed by atoms with van der Waals surface area (Å²) in [7, 11) is 0. The first-order chi connectivity index (χ1) is 9.23. The molecule has 13 heteroatoms. The molecule has 0 aliphatic carbocycles. The molecule has 11 nitrogen and oxygen atoms in total. The number of nitrogens with zero attached hydrogens (tertiary/aromatic N) is 1. The number of carbonyl (C=O) groups is 3. The number of nitrogens with two attached hydrogens (primary N) is 1. The summed E-state index contributed by atoms with van der Waals surface area (Å²) in [6, 6.07) is 0. The second-order valence-electron chi connectivity index (χ2n) is 3.29. The number of rotatable bonds is 7. The standard InChI is InChI=1S/C8H10N4O7S.Na.H/c9-3-20-19-8(6(16)17,1-4(13)14)2-5(15)18-12-7(10)11;;/h1-2H2,(H,13,14)(H,16,17)(H4,10,11,12);;. The molecular weight excluding hydrogens is 319 g/mol. The Hall–Kier alpha value is -1.52. The van der Waals surface area contributed by atoms with Crippen LogP contribution in [0.2, 0.25) is 0 Å². The molecule has 0 fully saturated rings. The number of nitriles is 1. The van der Waals surface area contributed by atoms with Crippen LogP contribution < -0.4 is 11.2 Å². The van der Waals surface area contributed by atoms with E-state index in [4.69, 9.17) is 26.6 Å². The Kier molecular flexibility index (Phi) is 10.6. The molecule has 0 bridgehead atoms. The van der Waals surface area contributed by atoms with Gasteiger partial charge in [0.05, 0.1) is 12.8 Å². The van der Waals surface area contributed by atoms with Gasteiger partial charge < -0.3 is 20.8 Å². The molecule has 0 heterocycles. The molecule has 112 valence electrons. The predicted molar refractivity (Wildman–Crippen MR) is 69.8 cm³/mol. The Morgan fingerprint density at radius 3 is 2.33 bits per heavy atom. The molecule has 0 aliphatic heterocycles. The summed E-state index contributed by atoms with van der Waals surface area (Å²) < 4.78 is 4.59. The zero-order chi connectivity index (χ0) is 15.8. The first-order valence-corrected chi connectivity index (χ1v) is 5.46. The SMILES string of the molecule is N#CSOC(CC(=O)O)(CC(=O)ONC(=N)N)C(=O)O.[NaH]. The Morgan fingerprint density at radius 1 is 1.38 bits per heavy atom. The minimum absolute atomic E-state index is 0. The van der Waals surface area contributed by atoms with Crippen molar-refractivity contribution in [1.82, 2.24) is 5.48 Å². The summed E-state index contributed by atoms with van der Waals surface area (Å²) in [5.41, 5.74) is 4.01. The molecule has 1 unspecified atom stereocenters. The third-order valence-corrected chi connectivity index (χ3v) is 2.25. The number of aliphatic carboxylic acids is 2. The van der Waals surface area contributed by atoms with Crippen LogP contribution >= 0.6 is 12.0 Å². The molecule has 0 saturated carbocycles. The molecule has 0 aromatic heterocycles. The van der Waals surface area contributed by atoms with Crippen molar-refractivity contribution in [3.05, 3.63) is 0 Å². The van der Waals surface area contributed by atoms with Crippen LogP contribution in [0.3, 0.4) is 0 Å². The second kappa shape index (κ2) is 10.2. The first-order valence-electron chi connectivity index (χ1n) is 4.72. The Balaban J connectivity index is 0. The van der Waals surface area contributed by atoms with Crippen LogP contribution in [-0.2, 0) is 23.4 Å². The van der Waals surface area contributed by atoms with E-state index in [1.54, 1.807) is 5.48 Å². The fraction of sp³-hybridized carbons (Fsp3) is 0.375. The average molecular weight is 330 g/mol. The summed E-state index contributed by atoms with van der Waals surface area (Å²) in [5.74, 6) is -5.27. The van der Waals surface area contributed by atoms with E-state index < -0.39 is 42.3 Å². The number of carbonyl (C=O) groups excluding carboxylic acids is 1. The van der Waals surface area contributed by atoms with Gasteiger partial charge in [0.15, 0.2) is 5.40 Å². The molecule has 0 amide bonds. The predicted octanol–water partition coefficient (Wildman–Crippen LogP) is -1.89. The number of carboxylic acids is 2. The maximum atomic E-state index is 11.3. The van der Waals surface area contributed by atoms with Crippen LogP contribution in [0.15, 0.2) is 0 Å². The summed E-state index contributed by atoms with van der Waals surface area (Å²) >= 11 is 0.0180. The molecular formula is C8H11N4NaO7S. The average Bonchev–Trinajstić information content (AvgIpc) is 2.32. The number of hydroxylamine groups is 1. The van der Waals surface area contributed by atoms with Crippen molar-refractivity contribution >= 4 is 65.5 Å². The van der Waals surface area contributed by atoms with Gasteiger partial charge in [-0.15, -0.1) is 0 Å². The third kappa shape index (κ3) is 8.38. The molecule has 0 aliphatic rings. The molecule has 1 atom stereocenters. The quantitative estimate of drug-likeness (QED) is 0.0873. The van der Waals surface area contributed by atoms with Crippen molar-refractivity contribution in [1.29, 1.82) is 10.7 Å². The molecule has 0 radical (unpaired) electrons. The molecule has 21 heavy (non-hydrogen) atoms. The third-order valence-electron chi connectivity index (χ3n) is 1.77. The van der Waals surface area contributed by atoms with Crippen molar-refractivity contribution in [3.63, 3.8) is 0 Å². The van der Waals surface area contributed by atoms with Gasteiger partial charge in [-0.3, -0.25) is 14.4 Å². The van der Waals surface area contributed by atoms with Crippen molar-refractivity contribution in [3.8, 4) is 5.40 Å². The van der Waals surface area contributed by atoms with Crippen LogP contribution in [0.5, 0.6) is 0 Å². The zero-order valence-electron chi connectivity index (χ0n) is 9.78. The van der Waals surface area contributed by atoms with Gasteiger partial charge >= 0.3 is 47.5 Å². The fourth-order valence-corrected chi connectivity index (χ4v) is 1.42. The first kappa shape index (κ1) is 21.8. The Bertz CT molecular complexity index is 468. The van der Waals surface area contributed by atoms with Crippen LogP contribution in [0.4, 0.5) is 0 Å². The van der Waals surface area contributed by atoms with Gasteiger partial charge in [-0.25, -0.2) is 9.59 Å². The van der Waals surface area contributed by atoms with E-state index in [-0.39, 0.29) is 41.6 Å². The molecule has 6 N–H and O–H groups in total. The van der Waals surface area contributed by atoms with Gasteiger partial charge in [0.25, 0.3) is 0 Å². The van der Waals surface area contributed by atoms with Crippen molar-refractivity contribution < 1.29 is 33.6 Å². The monoisotopic (exact) mass is 330 g/mol. The summed E-state index contributed by atoms with van der Waals surface area (Å²) in [4.78, 5) is 37.4. The van der Waals surface area contributed by atoms with Crippen LogP contribution in [0.1, 0.15) is 12.8 Å². The van der Waals surface area contributed by atoms with Crippen LogP contribution in [0.25, 0.3) is 0 Å². The van der Waals surface area contributed by atoms with E-state index in [2.05, 4.69) is 9.02 Å². The van der Waals surface area contributed by atoms with Gasteiger partial charge in [-0.05, 0) is 0 Å². The van der Waals surface area contributed by atoms with Crippen LogP contribution in [-0.4, -0.2) is 69.2 Å². The Labute approximate surface area is 144 Å². The fourth-order valence-electron chi connectivity index (χ4n) is 1.03. The minimum atomic E-state index is -2.48. The number of nitrogens with one attached hydrogen (secondary N) is 2. The molecule has 0 aromatic rings. The summed E-state index contributed by atoms with van der Waals surface area (Å²) in [6.45, 7) is 0. The van der Waals surface area contributed by atoms with Gasteiger partial charge in [0, 0.05) is 0 Å². The van der Waals surface area contributed by atoms with Crippen molar-refractivity contribution in [2.75, 3.05) is 0 Å². The van der Waals surface area contributed by atoms with E-state index in [9.17, 15) is 14.4 Å². The van der Waals surface area contributed by atoms with E-state index in [1.807, 2.05) is 0 Å². The van der Waals surface area contributed by atoms with Crippen molar-refractivity contribution in [2.45, 2.75) is 18.4 Å². The number of thiocyanates is 1. The molecule has 0 saturated heterocycles. The molecule has 0 spiro atoms. The van der Waals surface area contributed by atoms with Gasteiger partial charge in [-0.1, -0.05) is 0 Å². The maximum absolute atomic E-state index is 11.3. The topological polar surface area (TPSA) is 196 Å². The van der Waals surface area contributed by atoms with Gasteiger partial charge in [-0.2, -0.15) is 10.7 Å². The van der Waals surface area contributed by atoms with E-state index >= 15 is 0 Å². The molecule has 0 rings (SSSR count). The van der Waals surface area contributed by atoms with Gasteiger partial charge in [0.1, 0.15) is 12.0 Å². The van der Waals surface area contributed by atoms with E-state index in [0.717, 1.165) is 0 Å². The zero-order valence-corrected chi connectivity index (χ0v) is 10.6. The Morgan fingerprint density at radius 2 is 1.95 bits per heavy atom. The summed E-state index contributed by atoms with van der Waals surface area (Å²) in [6.07, 6.45) is -2.09. The molecule has 0 aromatic carbocycles. The van der Waals surface area contributed by atoms with Gasteiger partial charge in [0.2, 0.25) is 11.6 Å². The van der Waals surface area contributed by atoms with Crippen molar-refractivity contribution in [2.24, 2.45) is 5.73 Å².